The number of rotatable bonds is 5. The fourth-order valence-electron chi connectivity index (χ4n) is 2.11. The number of carbonyl (C=O) groups excluding carboxylic acids is 2. The van der Waals surface area contributed by atoms with Crippen molar-refractivity contribution < 1.29 is 9.59 Å². The van der Waals surface area contributed by atoms with Crippen molar-refractivity contribution in [1.29, 1.82) is 0 Å². The quantitative estimate of drug-likeness (QED) is 0.468. The van der Waals surface area contributed by atoms with Gasteiger partial charge in [-0.2, -0.15) is 0 Å². The molecule has 0 atom stereocenters. The van der Waals surface area contributed by atoms with Gasteiger partial charge in [0.2, 0.25) is 0 Å². The Kier molecular flexibility index (Phi) is 4.71. The number of unbranched alkanes of at least 4 members (excludes halogenated alkanes) is 2. The van der Waals surface area contributed by atoms with Crippen molar-refractivity contribution >= 4 is 52.2 Å². The smallest absolute Gasteiger partial charge is 0.299 e. The van der Waals surface area contributed by atoms with Gasteiger partial charge in [0.25, 0.3) is 11.7 Å². The zero-order valence-electron chi connectivity index (χ0n) is 10.1. The molecule has 1 aromatic carbocycles. The highest BCUT2D eigenvalue weighted by Crippen LogP contribution is 2.39. The molecule has 19 heavy (non-hydrogen) atoms. The third-order valence-corrected chi connectivity index (χ3v) is 3.92. The molecule has 0 saturated heterocycles. The lowest BCUT2D eigenvalue weighted by atomic mass is 10.1. The van der Waals surface area contributed by atoms with Crippen LogP contribution in [0.5, 0.6) is 0 Å². The topological polar surface area (TPSA) is 37.4 Å². The molecular weight excluding hydrogens is 309 g/mol. The van der Waals surface area contributed by atoms with Gasteiger partial charge in [0.05, 0.1) is 21.3 Å². The summed E-state index contributed by atoms with van der Waals surface area (Å²) in [6.45, 7) is 0.453. The SMILES string of the molecule is O=C1C(=O)N(CCCCCCl)c2c(Cl)ccc(Cl)c21. The van der Waals surface area contributed by atoms with E-state index in [-0.39, 0.29) is 10.6 Å². The van der Waals surface area contributed by atoms with Gasteiger partial charge in [0, 0.05) is 12.4 Å². The van der Waals surface area contributed by atoms with Crippen molar-refractivity contribution in [1.82, 2.24) is 0 Å². The van der Waals surface area contributed by atoms with Gasteiger partial charge in [0.1, 0.15) is 0 Å². The average molecular weight is 321 g/mol. The van der Waals surface area contributed by atoms with Gasteiger partial charge < -0.3 is 4.90 Å². The number of hydrogen-bond acceptors (Lipinski definition) is 2. The number of fused-ring (bicyclic) bond motifs is 1. The standard InChI is InChI=1S/C13H12Cl3NO2/c14-6-2-1-3-7-17-11-9(16)5-4-8(15)10(11)12(18)13(17)19/h4-5H,1-3,6-7H2. The van der Waals surface area contributed by atoms with Crippen LogP contribution in [-0.2, 0) is 4.79 Å². The Morgan fingerprint density at radius 3 is 2.37 bits per heavy atom. The molecule has 1 aromatic rings. The monoisotopic (exact) mass is 319 g/mol. The number of anilines is 1. The van der Waals surface area contributed by atoms with Gasteiger partial charge in [-0.1, -0.05) is 29.6 Å². The second-order valence-electron chi connectivity index (χ2n) is 4.29. The van der Waals surface area contributed by atoms with E-state index in [0.717, 1.165) is 19.3 Å². The summed E-state index contributed by atoms with van der Waals surface area (Å²) in [5, 5.41) is 0.636. The molecule has 1 heterocycles. The van der Waals surface area contributed by atoms with Crippen molar-refractivity contribution in [2.45, 2.75) is 19.3 Å². The Hall–Kier alpha value is -0.770. The van der Waals surface area contributed by atoms with Crippen LogP contribution in [0.15, 0.2) is 12.1 Å². The molecule has 1 amide bonds. The third kappa shape index (κ3) is 2.73. The summed E-state index contributed by atoms with van der Waals surface area (Å²) in [7, 11) is 0. The highest BCUT2D eigenvalue weighted by molar-refractivity contribution is 6.56. The van der Waals surface area contributed by atoms with E-state index in [4.69, 9.17) is 34.8 Å². The summed E-state index contributed by atoms with van der Waals surface area (Å²) in [5.41, 5.74) is 0.659. The Morgan fingerprint density at radius 2 is 1.68 bits per heavy atom. The van der Waals surface area contributed by atoms with E-state index >= 15 is 0 Å². The molecule has 0 radical (unpaired) electrons. The maximum atomic E-state index is 12.0. The summed E-state index contributed by atoms with van der Waals surface area (Å²) >= 11 is 17.7. The van der Waals surface area contributed by atoms with E-state index < -0.39 is 11.7 Å². The van der Waals surface area contributed by atoms with Crippen LogP contribution in [0, 0.1) is 0 Å². The van der Waals surface area contributed by atoms with Gasteiger partial charge in [-0.15, -0.1) is 11.6 Å². The molecule has 0 saturated carbocycles. The number of nitrogens with zero attached hydrogens (tertiary/aromatic N) is 1. The van der Waals surface area contributed by atoms with E-state index in [0.29, 0.717) is 23.1 Å². The normalized spacial score (nSPS) is 14.2. The number of halogens is 3. The molecule has 0 N–H and O–H groups in total. The zero-order valence-corrected chi connectivity index (χ0v) is 12.4. The predicted octanol–water partition coefficient (Wildman–Crippen LogP) is 3.93. The maximum absolute atomic E-state index is 12.0. The second-order valence-corrected chi connectivity index (χ2v) is 5.48. The van der Waals surface area contributed by atoms with Gasteiger partial charge >= 0.3 is 0 Å². The van der Waals surface area contributed by atoms with Crippen LogP contribution >= 0.6 is 34.8 Å². The second kappa shape index (κ2) is 6.12. The predicted molar refractivity (Wildman–Crippen MR) is 77.7 cm³/mol. The minimum atomic E-state index is -0.583. The van der Waals surface area contributed by atoms with E-state index in [1.54, 1.807) is 6.07 Å². The molecule has 0 fully saturated rings. The Labute approximate surface area is 126 Å². The number of carbonyl (C=O) groups is 2. The molecule has 0 unspecified atom stereocenters. The number of Topliss-reactive ketones (excluding diaryl/α,β-unsaturated/α-hetero) is 1. The van der Waals surface area contributed by atoms with Crippen LogP contribution in [-0.4, -0.2) is 24.1 Å². The largest absolute Gasteiger partial charge is 0.303 e. The van der Waals surface area contributed by atoms with Crippen LogP contribution < -0.4 is 4.90 Å². The van der Waals surface area contributed by atoms with Gasteiger partial charge in [-0.25, -0.2) is 0 Å². The summed E-state index contributed by atoms with van der Waals surface area (Å²) in [4.78, 5) is 25.3. The van der Waals surface area contributed by atoms with Crippen LogP contribution in [0.4, 0.5) is 5.69 Å². The molecule has 1 aliphatic rings. The summed E-state index contributed by atoms with van der Waals surface area (Å²) in [6, 6.07) is 3.13. The lowest BCUT2D eigenvalue weighted by Crippen LogP contribution is -2.30. The van der Waals surface area contributed by atoms with Gasteiger partial charge in [-0.05, 0) is 25.0 Å². The van der Waals surface area contributed by atoms with Crippen molar-refractivity contribution in [3.63, 3.8) is 0 Å². The molecule has 0 aliphatic carbocycles. The number of hydrogen-bond donors (Lipinski definition) is 0. The van der Waals surface area contributed by atoms with Crippen LogP contribution in [0.1, 0.15) is 29.6 Å². The minimum Gasteiger partial charge on any atom is -0.303 e. The highest BCUT2D eigenvalue weighted by atomic mass is 35.5. The summed E-state index contributed by atoms with van der Waals surface area (Å²) in [5.74, 6) is -0.550. The Morgan fingerprint density at radius 1 is 1.00 bits per heavy atom. The van der Waals surface area contributed by atoms with Crippen molar-refractivity contribution in [3.8, 4) is 0 Å². The molecule has 0 spiro atoms. The van der Waals surface area contributed by atoms with Gasteiger partial charge in [0.15, 0.2) is 0 Å². The molecule has 1 aliphatic heterocycles. The number of alkyl halides is 1. The molecule has 0 bridgehead atoms. The first-order valence-corrected chi connectivity index (χ1v) is 7.27. The number of ketones is 1. The fraction of sp³-hybridized carbons (Fsp3) is 0.385. The van der Waals surface area contributed by atoms with Crippen molar-refractivity contribution in [2.75, 3.05) is 17.3 Å². The minimum absolute atomic E-state index is 0.219. The van der Waals surface area contributed by atoms with Crippen LogP contribution in [0.3, 0.4) is 0 Å². The Balaban J connectivity index is 2.26. The molecule has 102 valence electrons. The van der Waals surface area contributed by atoms with Crippen molar-refractivity contribution in [3.05, 3.63) is 27.7 Å². The van der Waals surface area contributed by atoms with E-state index in [1.165, 1.54) is 11.0 Å². The molecular formula is C13H12Cl3NO2. The molecule has 6 heteroatoms. The third-order valence-electron chi connectivity index (χ3n) is 3.03. The zero-order chi connectivity index (χ0) is 14.0. The summed E-state index contributed by atoms with van der Waals surface area (Å²) < 4.78 is 0. The summed E-state index contributed by atoms with van der Waals surface area (Å²) in [6.07, 6.45) is 2.55. The van der Waals surface area contributed by atoms with E-state index in [1.807, 2.05) is 0 Å². The van der Waals surface area contributed by atoms with Gasteiger partial charge in [-0.3, -0.25) is 9.59 Å². The first-order chi connectivity index (χ1) is 9.07. The lowest BCUT2D eigenvalue weighted by Gasteiger charge is -2.17. The lowest BCUT2D eigenvalue weighted by molar-refractivity contribution is -0.114. The maximum Gasteiger partial charge on any atom is 0.299 e. The van der Waals surface area contributed by atoms with Crippen LogP contribution in [0.2, 0.25) is 10.0 Å². The average Bonchev–Trinajstić information content (AvgIpc) is 2.65. The first-order valence-electron chi connectivity index (χ1n) is 5.98. The van der Waals surface area contributed by atoms with Crippen molar-refractivity contribution in [2.24, 2.45) is 0 Å². The molecule has 3 nitrogen and oxygen atoms in total. The molecule has 0 aromatic heterocycles. The number of benzene rings is 1. The first kappa shape index (κ1) is 14.6. The van der Waals surface area contributed by atoms with E-state index in [9.17, 15) is 9.59 Å². The fourth-order valence-corrected chi connectivity index (χ4v) is 2.79. The molecule has 2 rings (SSSR count). The highest BCUT2D eigenvalue weighted by Gasteiger charge is 2.38. The van der Waals surface area contributed by atoms with E-state index in [2.05, 4.69) is 0 Å². The van der Waals surface area contributed by atoms with Crippen LogP contribution in [0.25, 0.3) is 0 Å². The number of amides is 1. The Bertz CT molecular complexity index is 531.